The maximum atomic E-state index is 11.2. The summed E-state index contributed by atoms with van der Waals surface area (Å²) in [7, 11) is 0. The molecule has 0 saturated heterocycles. The predicted molar refractivity (Wildman–Crippen MR) is 64.1 cm³/mol. The van der Waals surface area contributed by atoms with Crippen LogP contribution in [0.15, 0.2) is 35.3 Å². The Bertz CT molecular complexity index is 353. The Balaban J connectivity index is 2.99. The first-order valence-corrected chi connectivity index (χ1v) is 6.19. The second-order valence-electron chi connectivity index (χ2n) is 4.01. The van der Waals surface area contributed by atoms with Crippen LogP contribution in [0.3, 0.4) is 0 Å². The van der Waals surface area contributed by atoms with Crippen molar-refractivity contribution in [2.45, 2.75) is 25.7 Å². The molecule has 77 valence electrons. The third-order valence-electron chi connectivity index (χ3n) is 2.63. The summed E-state index contributed by atoms with van der Waals surface area (Å²) in [6.07, 6.45) is 3.84. The second-order valence-corrected chi connectivity index (χ2v) is 4.71. The first-order chi connectivity index (χ1) is 7.12. The van der Waals surface area contributed by atoms with Gasteiger partial charge in [0.15, 0.2) is 0 Å². The van der Waals surface area contributed by atoms with Crippen LogP contribution in [-0.2, 0) is 10.2 Å². The van der Waals surface area contributed by atoms with Gasteiger partial charge in [-0.15, -0.1) is 0 Å². The summed E-state index contributed by atoms with van der Waals surface area (Å²) in [5.74, 6) is 0. The van der Waals surface area contributed by atoms with E-state index in [2.05, 4.69) is 0 Å². The van der Waals surface area contributed by atoms with Gasteiger partial charge in [-0.3, -0.25) is 0 Å². The molecule has 0 aromatic heterocycles. The monoisotopic (exact) mass is 261 g/mol. The molecule has 2 heteroatoms. The maximum absolute atomic E-state index is 11.2. The number of rotatable bonds is 4. The molecule has 1 atom stereocenters. The van der Waals surface area contributed by atoms with E-state index >= 15 is 0 Å². The zero-order valence-electron chi connectivity index (χ0n) is 9.16. The molecular formula is C13H15GeO. The van der Waals surface area contributed by atoms with Gasteiger partial charge in [-0.2, -0.15) is 0 Å². The van der Waals surface area contributed by atoms with E-state index in [1.54, 1.807) is 0 Å². The molecule has 0 bridgehead atoms. The number of hydrogen-bond acceptors (Lipinski definition) is 1. The van der Waals surface area contributed by atoms with E-state index in [9.17, 15) is 4.79 Å². The molecule has 0 amide bonds. The van der Waals surface area contributed by atoms with Gasteiger partial charge in [-0.25, -0.2) is 0 Å². The summed E-state index contributed by atoms with van der Waals surface area (Å²) in [5, 5.41) is 0. The topological polar surface area (TPSA) is 17.1 Å². The van der Waals surface area contributed by atoms with E-state index < -0.39 is 0 Å². The molecule has 0 aliphatic carbocycles. The molecule has 1 aromatic carbocycles. The third kappa shape index (κ3) is 3.06. The first kappa shape index (κ1) is 12.2. The summed E-state index contributed by atoms with van der Waals surface area (Å²) < 4.78 is 0. The van der Waals surface area contributed by atoms with Gasteiger partial charge in [0.25, 0.3) is 0 Å². The van der Waals surface area contributed by atoms with Crippen molar-refractivity contribution in [1.29, 1.82) is 0 Å². The van der Waals surface area contributed by atoms with Gasteiger partial charge in [-0.05, 0) is 0 Å². The van der Waals surface area contributed by atoms with Crippen molar-refractivity contribution >= 4 is 22.8 Å². The fourth-order valence-electron chi connectivity index (χ4n) is 1.47. The Hall–Kier alpha value is -0.827. The Morgan fingerprint density at radius 1 is 1.33 bits per heavy atom. The molecule has 1 rings (SSSR count). The van der Waals surface area contributed by atoms with E-state index in [1.807, 2.05) is 65.6 Å². The molecule has 3 radical (unpaired) electrons. The van der Waals surface area contributed by atoms with Gasteiger partial charge in [0.05, 0.1) is 0 Å². The van der Waals surface area contributed by atoms with Crippen LogP contribution >= 0.6 is 0 Å². The van der Waals surface area contributed by atoms with Crippen LogP contribution in [0.5, 0.6) is 0 Å². The quantitative estimate of drug-likeness (QED) is 0.600. The van der Waals surface area contributed by atoms with Gasteiger partial charge in [0.2, 0.25) is 0 Å². The van der Waals surface area contributed by atoms with E-state index in [-0.39, 0.29) is 5.41 Å². The zero-order chi connectivity index (χ0) is 11.3. The van der Waals surface area contributed by atoms with Crippen LogP contribution in [0, 0.1) is 6.92 Å². The van der Waals surface area contributed by atoms with Crippen molar-refractivity contribution in [1.82, 2.24) is 0 Å². The van der Waals surface area contributed by atoms with Crippen LogP contribution in [-0.4, -0.2) is 22.8 Å². The van der Waals surface area contributed by atoms with E-state index in [0.29, 0.717) is 0 Å². The predicted octanol–water partition coefficient (Wildman–Crippen LogP) is 2.52. The van der Waals surface area contributed by atoms with Crippen molar-refractivity contribution in [3.8, 4) is 0 Å². The number of benzene rings is 1. The fourth-order valence-corrected chi connectivity index (χ4v) is 1.72. The molecule has 0 aliphatic heterocycles. The van der Waals surface area contributed by atoms with Crippen LogP contribution in [0.4, 0.5) is 0 Å². The number of carbonyl (C=O) groups is 1. The van der Waals surface area contributed by atoms with Crippen molar-refractivity contribution in [2.24, 2.45) is 0 Å². The standard InChI is InChI=1S/C13H15GeO/c1-11-4-6-12(7-5-11)13(2,10-15)8-3-9-14/h3-7,9-10H,8H2,1-2H3. The normalized spacial score (nSPS) is 15.1. The molecular weight excluding hydrogens is 245 g/mol. The van der Waals surface area contributed by atoms with Crippen molar-refractivity contribution < 1.29 is 4.79 Å². The van der Waals surface area contributed by atoms with Crippen LogP contribution < -0.4 is 0 Å². The third-order valence-corrected chi connectivity index (χ3v) is 3.13. The molecule has 15 heavy (non-hydrogen) atoms. The minimum atomic E-state index is -0.389. The number of allylic oxidation sites excluding steroid dienone is 1. The Kier molecular flexibility index (Phi) is 4.33. The molecule has 0 saturated carbocycles. The van der Waals surface area contributed by atoms with Gasteiger partial charge < -0.3 is 0 Å². The molecule has 0 fully saturated rings. The van der Waals surface area contributed by atoms with E-state index in [1.165, 1.54) is 5.56 Å². The van der Waals surface area contributed by atoms with Crippen molar-refractivity contribution in [3.63, 3.8) is 0 Å². The van der Waals surface area contributed by atoms with Crippen molar-refractivity contribution in [2.75, 3.05) is 0 Å². The van der Waals surface area contributed by atoms with Gasteiger partial charge in [0.1, 0.15) is 0 Å². The number of aldehydes is 1. The Morgan fingerprint density at radius 3 is 2.40 bits per heavy atom. The Morgan fingerprint density at radius 2 is 1.93 bits per heavy atom. The summed E-state index contributed by atoms with van der Waals surface area (Å²) in [5.41, 5.74) is 1.92. The van der Waals surface area contributed by atoms with Gasteiger partial charge in [-0.1, -0.05) is 0 Å². The summed E-state index contributed by atoms with van der Waals surface area (Å²) in [6.45, 7) is 4.03. The number of hydrogen-bond donors (Lipinski definition) is 0. The molecule has 1 unspecified atom stereocenters. The van der Waals surface area contributed by atoms with Gasteiger partial charge in [0, 0.05) is 0 Å². The molecule has 1 nitrogen and oxygen atoms in total. The molecule has 0 spiro atoms. The van der Waals surface area contributed by atoms with E-state index in [0.717, 1.165) is 18.3 Å². The zero-order valence-corrected chi connectivity index (χ0v) is 11.3. The number of carbonyl (C=O) groups excluding carboxylic acids is 1. The average molecular weight is 260 g/mol. The average Bonchev–Trinajstić information content (AvgIpc) is 2.27. The number of aryl methyl sites for hydroxylation is 1. The van der Waals surface area contributed by atoms with Crippen molar-refractivity contribution in [3.05, 3.63) is 46.4 Å². The fraction of sp³-hybridized carbons (Fsp3) is 0.308. The first-order valence-electron chi connectivity index (χ1n) is 4.98. The summed E-state index contributed by atoms with van der Waals surface area (Å²) in [4.78, 5) is 13.2. The molecule has 1 aromatic rings. The molecule has 0 heterocycles. The Labute approximate surface area is 99.8 Å². The van der Waals surface area contributed by atoms with Crippen LogP contribution in [0.25, 0.3) is 0 Å². The second kappa shape index (κ2) is 5.31. The molecule has 0 aliphatic rings. The SMILES string of the molecule is Cc1ccc(C(C)(C=O)CC=[CH][Ge])cc1. The summed E-state index contributed by atoms with van der Waals surface area (Å²) in [6, 6.07) is 8.17. The minimum absolute atomic E-state index is 0.389. The summed E-state index contributed by atoms with van der Waals surface area (Å²) >= 11 is 1.97. The molecule has 0 N–H and O–H groups in total. The van der Waals surface area contributed by atoms with E-state index in [4.69, 9.17) is 0 Å². The van der Waals surface area contributed by atoms with Crippen LogP contribution in [0.2, 0.25) is 0 Å². The van der Waals surface area contributed by atoms with Crippen LogP contribution in [0.1, 0.15) is 24.5 Å². The van der Waals surface area contributed by atoms with Gasteiger partial charge >= 0.3 is 99.7 Å².